The van der Waals surface area contributed by atoms with E-state index in [9.17, 15) is 10.2 Å². The van der Waals surface area contributed by atoms with Crippen molar-refractivity contribution in [1.29, 1.82) is 0 Å². The molecule has 4 atom stereocenters. The van der Waals surface area contributed by atoms with Gasteiger partial charge in [-0.05, 0) is 11.6 Å². The third kappa shape index (κ3) is 1.79. The molecular weight excluding hydrogens is 248 g/mol. The van der Waals surface area contributed by atoms with Gasteiger partial charge in [-0.15, -0.1) is 0 Å². The van der Waals surface area contributed by atoms with Crippen LogP contribution in [0.3, 0.4) is 0 Å². The van der Waals surface area contributed by atoms with Crippen molar-refractivity contribution in [3.63, 3.8) is 0 Å². The van der Waals surface area contributed by atoms with E-state index in [1.165, 1.54) is 0 Å². The van der Waals surface area contributed by atoms with E-state index in [0.29, 0.717) is 11.3 Å². The number of aliphatic hydroxyl groups is 3. The van der Waals surface area contributed by atoms with Crippen LogP contribution in [0.15, 0.2) is 18.5 Å². The Morgan fingerprint density at radius 1 is 1.32 bits per heavy atom. The van der Waals surface area contributed by atoms with Crippen molar-refractivity contribution in [1.82, 2.24) is 15.3 Å². The summed E-state index contributed by atoms with van der Waals surface area (Å²) in [5, 5.41) is 32.9. The number of pyridine rings is 1. The third-order valence-corrected chi connectivity index (χ3v) is 3.69. The van der Waals surface area contributed by atoms with E-state index < -0.39 is 24.3 Å². The smallest absolute Gasteiger partial charge is 0.147 e. The highest BCUT2D eigenvalue weighted by Crippen LogP contribution is 2.33. The van der Waals surface area contributed by atoms with Gasteiger partial charge in [0.25, 0.3) is 0 Å². The van der Waals surface area contributed by atoms with Gasteiger partial charge in [0, 0.05) is 17.8 Å². The predicted molar refractivity (Wildman–Crippen MR) is 69.3 cm³/mol. The molecule has 2 aromatic rings. The van der Waals surface area contributed by atoms with Crippen LogP contribution in [0.2, 0.25) is 0 Å². The van der Waals surface area contributed by atoms with Crippen molar-refractivity contribution < 1.29 is 15.3 Å². The summed E-state index contributed by atoms with van der Waals surface area (Å²) in [6, 6.07) is 0.803. The van der Waals surface area contributed by atoms with Crippen LogP contribution in [0.1, 0.15) is 11.6 Å². The quantitative estimate of drug-likeness (QED) is 0.407. The fraction of sp³-hybridized carbons (Fsp3) is 0.417. The molecule has 0 aliphatic carbocycles. The molecule has 7 heteroatoms. The molecule has 7 nitrogen and oxygen atoms in total. The first-order valence-corrected chi connectivity index (χ1v) is 6.08. The highest BCUT2D eigenvalue weighted by molar-refractivity contribution is 5.90. The molecule has 102 valence electrons. The van der Waals surface area contributed by atoms with Gasteiger partial charge in [0.1, 0.15) is 11.9 Å². The minimum atomic E-state index is -1.00. The number of aromatic nitrogens is 2. The Kier molecular flexibility index (Phi) is 2.90. The molecule has 0 radical (unpaired) electrons. The Bertz CT molecular complexity index is 600. The maximum Gasteiger partial charge on any atom is 0.147 e. The van der Waals surface area contributed by atoms with Gasteiger partial charge in [-0.1, -0.05) is 0 Å². The summed E-state index contributed by atoms with van der Waals surface area (Å²) in [6.45, 7) is -0.235. The minimum absolute atomic E-state index is 0.235. The highest BCUT2D eigenvalue weighted by atomic mass is 16.3. The van der Waals surface area contributed by atoms with E-state index >= 15 is 0 Å². The van der Waals surface area contributed by atoms with Gasteiger partial charge in [0.2, 0.25) is 0 Å². The fourth-order valence-electron chi connectivity index (χ4n) is 2.65. The topological polar surface area (TPSA) is 127 Å². The molecule has 0 unspecified atom stereocenters. The largest absolute Gasteiger partial charge is 0.395 e. The van der Waals surface area contributed by atoms with Crippen molar-refractivity contribution in [3.05, 3.63) is 24.0 Å². The Hall–Kier alpha value is -1.67. The Labute approximate surface area is 109 Å². The van der Waals surface area contributed by atoms with Crippen molar-refractivity contribution in [2.75, 3.05) is 12.3 Å². The molecule has 0 bridgehead atoms. The van der Waals surface area contributed by atoms with Gasteiger partial charge in [0.15, 0.2) is 0 Å². The average Bonchev–Trinajstić information content (AvgIpc) is 2.94. The normalized spacial score (nSPS) is 31.1. The number of anilines is 1. The lowest BCUT2D eigenvalue weighted by molar-refractivity contribution is 0.0196. The summed E-state index contributed by atoms with van der Waals surface area (Å²) >= 11 is 0. The molecule has 0 saturated carbocycles. The number of H-pyrrole nitrogens is 1. The van der Waals surface area contributed by atoms with Crippen LogP contribution < -0.4 is 11.1 Å². The van der Waals surface area contributed by atoms with E-state index in [2.05, 4.69) is 15.3 Å². The third-order valence-electron chi connectivity index (χ3n) is 3.69. The molecule has 0 aromatic carbocycles. The molecule has 0 amide bonds. The first kappa shape index (κ1) is 12.4. The first-order valence-electron chi connectivity index (χ1n) is 6.08. The predicted octanol–water partition coefficient (Wildman–Crippen LogP) is -1.13. The Morgan fingerprint density at radius 3 is 2.79 bits per heavy atom. The number of fused-ring (bicyclic) bond motifs is 1. The maximum absolute atomic E-state index is 10.1. The van der Waals surface area contributed by atoms with Gasteiger partial charge < -0.3 is 31.4 Å². The number of nitrogens with two attached hydrogens (primary N) is 1. The van der Waals surface area contributed by atoms with Gasteiger partial charge in [0.05, 0.1) is 30.3 Å². The zero-order chi connectivity index (χ0) is 13.6. The number of aromatic amines is 1. The SMILES string of the molecule is Nc1nccc2c([C@@H]3N[C@H](CO)[C@@H](O)[C@H]3O)c[nH]c12. The summed E-state index contributed by atoms with van der Waals surface area (Å²) < 4.78 is 0. The second-order valence-corrected chi connectivity index (χ2v) is 4.78. The molecule has 1 aliphatic rings. The average molecular weight is 264 g/mol. The summed E-state index contributed by atoms with van der Waals surface area (Å²) in [6.07, 6.45) is 1.34. The summed E-state index contributed by atoms with van der Waals surface area (Å²) in [4.78, 5) is 7.01. The van der Waals surface area contributed by atoms with Crippen molar-refractivity contribution in [3.8, 4) is 0 Å². The number of nitrogen functional groups attached to an aromatic ring is 1. The van der Waals surface area contributed by atoms with E-state index in [4.69, 9.17) is 10.8 Å². The molecular formula is C12H16N4O3. The van der Waals surface area contributed by atoms with Crippen molar-refractivity contribution >= 4 is 16.7 Å². The number of hydrogen-bond donors (Lipinski definition) is 6. The van der Waals surface area contributed by atoms with Crippen molar-refractivity contribution in [2.45, 2.75) is 24.3 Å². The van der Waals surface area contributed by atoms with Gasteiger partial charge >= 0.3 is 0 Å². The number of nitrogens with zero attached hydrogens (tertiary/aromatic N) is 1. The Balaban J connectivity index is 2.04. The van der Waals surface area contributed by atoms with Crippen LogP contribution in [-0.2, 0) is 0 Å². The lowest BCUT2D eigenvalue weighted by Gasteiger charge is -2.15. The summed E-state index contributed by atoms with van der Waals surface area (Å²) in [5.41, 5.74) is 7.27. The first-order chi connectivity index (χ1) is 9.13. The van der Waals surface area contributed by atoms with Crippen LogP contribution in [0.4, 0.5) is 5.82 Å². The summed E-state index contributed by atoms with van der Waals surface area (Å²) in [7, 11) is 0. The second-order valence-electron chi connectivity index (χ2n) is 4.78. The molecule has 3 rings (SSSR count). The number of hydrogen-bond acceptors (Lipinski definition) is 6. The standard InChI is InChI=1S/C12H16N4O3/c13-12-9-5(1-2-14-12)6(3-15-9)8-11(19)10(18)7(4-17)16-8/h1-3,7-8,10-11,15-19H,4H2,(H2,13,14)/t7-,8+,10-,11+/m1/s1. The molecule has 7 N–H and O–H groups in total. The van der Waals surface area contributed by atoms with Crippen LogP contribution in [0.25, 0.3) is 10.9 Å². The minimum Gasteiger partial charge on any atom is -0.395 e. The van der Waals surface area contributed by atoms with Crippen molar-refractivity contribution in [2.24, 2.45) is 0 Å². The van der Waals surface area contributed by atoms with Crippen LogP contribution in [0.5, 0.6) is 0 Å². The molecule has 19 heavy (non-hydrogen) atoms. The monoisotopic (exact) mass is 264 g/mol. The van der Waals surface area contributed by atoms with Crippen LogP contribution >= 0.6 is 0 Å². The van der Waals surface area contributed by atoms with Crippen LogP contribution in [0, 0.1) is 0 Å². The summed E-state index contributed by atoms with van der Waals surface area (Å²) in [5.74, 6) is 0.385. The molecule has 1 aliphatic heterocycles. The van der Waals surface area contributed by atoms with E-state index in [1.807, 2.05) is 0 Å². The lowest BCUT2D eigenvalue weighted by atomic mass is 10.0. The second kappa shape index (κ2) is 4.46. The number of aliphatic hydroxyl groups excluding tert-OH is 3. The highest BCUT2D eigenvalue weighted by Gasteiger charge is 2.42. The molecule has 0 spiro atoms. The molecule has 1 fully saturated rings. The molecule has 2 aromatic heterocycles. The van der Waals surface area contributed by atoms with Gasteiger partial charge in [-0.25, -0.2) is 4.98 Å². The molecule has 3 heterocycles. The van der Waals surface area contributed by atoms with E-state index in [0.717, 1.165) is 10.9 Å². The maximum atomic E-state index is 10.1. The van der Waals surface area contributed by atoms with Crippen LogP contribution in [-0.4, -0.2) is 50.1 Å². The lowest BCUT2D eigenvalue weighted by Crippen LogP contribution is -2.35. The van der Waals surface area contributed by atoms with Gasteiger partial charge in [-0.3, -0.25) is 0 Å². The molecule has 1 saturated heterocycles. The number of nitrogens with one attached hydrogen (secondary N) is 2. The van der Waals surface area contributed by atoms with Gasteiger partial charge in [-0.2, -0.15) is 0 Å². The fourth-order valence-corrected chi connectivity index (χ4v) is 2.65. The Morgan fingerprint density at radius 2 is 2.11 bits per heavy atom. The van der Waals surface area contributed by atoms with E-state index in [1.54, 1.807) is 18.5 Å². The number of rotatable bonds is 2. The zero-order valence-corrected chi connectivity index (χ0v) is 10.1. The zero-order valence-electron chi connectivity index (χ0n) is 10.1. The van der Waals surface area contributed by atoms with E-state index in [-0.39, 0.29) is 6.61 Å².